The molecule has 0 aliphatic heterocycles. The van der Waals surface area contributed by atoms with Crippen molar-refractivity contribution in [1.82, 2.24) is 30.1 Å². The first-order valence-corrected chi connectivity index (χ1v) is 7.69. The van der Waals surface area contributed by atoms with E-state index in [-0.39, 0.29) is 5.82 Å². The zero-order valence-corrected chi connectivity index (χ0v) is 12.9. The second-order valence-electron chi connectivity index (χ2n) is 5.65. The molecule has 120 valence electrons. The van der Waals surface area contributed by atoms with Crippen LogP contribution in [-0.2, 0) is 0 Å². The largest absolute Gasteiger partial charge is 0.335 e. The van der Waals surface area contributed by atoms with E-state index in [1.807, 2.05) is 18.2 Å². The third-order valence-corrected chi connectivity index (χ3v) is 4.10. The first-order valence-electron chi connectivity index (χ1n) is 7.69. The molecule has 5 rings (SSSR count). The second-order valence-corrected chi connectivity index (χ2v) is 5.65. The van der Waals surface area contributed by atoms with Gasteiger partial charge < -0.3 is 4.98 Å². The van der Waals surface area contributed by atoms with Gasteiger partial charge in [-0.15, -0.1) is 0 Å². The lowest BCUT2D eigenvalue weighted by molar-refractivity contribution is 0.632. The lowest BCUT2D eigenvalue weighted by Crippen LogP contribution is -1.87. The number of benzene rings is 1. The average molecular weight is 330 g/mol. The lowest BCUT2D eigenvalue weighted by atomic mass is 10.0. The minimum absolute atomic E-state index is 0.332. The van der Waals surface area contributed by atoms with Gasteiger partial charge in [-0.2, -0.15) is 5.10 Å². The van der Waals surface area contributed by atoms with Gasteiger partial charge in [-0.1, -0.05) is 6.07 Å². The molecule has 0 amide bonds. The highest BCUT2D eigenvalue weighted by molar-refractivity contribution is 5.95. The molecule has 2 N–H and O–H groups in total. The van der Waals surface area contributed by atoms with Crippen molar-refractivity contribution in [3.8, 4) is 22.6 Å². The molecule has 0 aliphatic rings. The molecular weight excluding hydrogens is 319 g/mol. The normalized spacial score (nSPS) is 11.4. The maximum Gasteiger partial charge on any atom is 0.178 e. The number of H-pyrrole nitrogens is 2. The summed E-state index contributed by atoms with van der Waals surface area (Å²) >= 11 is 0. The smallest absolute Gasteiger partial charge is 0.178 e. The summed E-state index contributed by atoms with van der Waals surface area (Å²) in [5, 5.41) is 7.95. The topological polar surface area (TPSA) is 83.1 Å². The van der Waals surface area contributed by atoms with Crippen molar-refractivity contribution in [3.05, 3.63) is 60.8 Å². The molecule has 1 aromatic carbocycles. The molecular formula is C18H11FN6. The maximum absolute atomic E-state index is 14.5. The number of nitrogens with one attached hydrogen (secondary N) is 2. The summed E-state index contributed by atoms with van der Waals surface area (Å²) < 4.78 is 14.5. The third kappa shape index (κ3) is 2.17. The van der Waals surface area contributed by atoms with Crippen molar-refractivity contribution in [2.45, 2.75) is 0 Å². The van der Waals surface area contributed by atoms with E-state index in [1.54, 1.807) is 30.7 Å². The van der Waals surface area contributed by atoms with Gasteiger partial charge >= 0.3 is 0 Å². The Labute approximate surface area is 140 Å². The third-order valence-electron chi connectivity index (χ3n) is 4.10. The van der Waals surface area contributed by atoms with E-state index in [4.69, 9.17) is 0 Å². The van der Waals surface area contributed by atoms with E-state index in [0.717, 1.165) is 10.9 Å². The highest BCUT2D eigenvalue weighted by Crippen LogP contribution is 2.31. The van der Waals surface area contributed by atoms with E-state index >= 15 is 0 Å². The Morgan fingerprint density at radius 1 is 1.00 bits per heavy atom. The van der Waals surface area contributed by atoms with Crippen LogP contribution < -0.4 is 0 Å². The van der Waals surface area contributed by atoms with Crippen molar-refractivity contribution >= 4 is 22.1 Å². The number of rotatable bonds is 2. The van der Waals surface area contributed by atoms with Gasteiger partial charge in [0.2, 0.25) is 0 Å². The van der Waals surface area contributed by atoms with Crippen molar-refractivity contribution in [1.29, 1.82) is 0 Å². The molecule has 0 atom stereocenters. The summed E-state index contributed by atoms with van der Waals surface area (Å²) in [6, 6.07) is 10.5. The fourth-order valence-corrected chi connectivity index (χ4v) is 2.92. The zero-order valence-electron chi connectivity index (χ0n) is 12.9. The summed E-state index contributed by atoms with van der Waals surface area (Å²) in [7, 11) is 0. The summed E-state index contributed by atoms with van der Waals surface area (Å²) in [5.74, 6) is 0.255. The molecule has 0 unspecified atom stereocenters. The molecule has 0 aliphatic carbocycles. The van der Waals surface area contributed by atoms with Gasteiger partial charge in [-0.25, -0.2) is 14.4 Å². The van der Waals surface area contributed by atoms with Gasteiger partial charge in [0.05, 0.1) is 11.0 Å². The minimum Gasteiger partial charge on any atom is -0.335 e. The highest BCUT2D eigenvalue weighted by atomic mass is 19.1. The van der Waals surface area contributed by atoms with Crippen molar-refractivity contribution in [2.24, 2.45) is 0 Å². The minimum atomic E-state index is -0.332. The first-order chi connectivity index (χ1) is 12.3. The quantitative estimate of drug-likeness (QED) is 0.517. The van der Waals surface area contributed by atoms with Crippen LogP contribution in [0.25, 0.3) is 44.7 Å². The number of fused-ring (bicyclic) bond motifs is 2. The Morgan fingerprint density at radius 3 is 2.76 bits per heavy atom. The summed E-state index contributed by atoms with van der Waals surface area (Å²) in [4.78, 5) is 16.0. The predicted molar refractivity (Wildman–Crippen MR) is 92.2 cm³/mol. The molecule has 0 bridgehead atoms. The van der Waals surface area contributed by atoms with Gasteiger partial charge in [0.1, 0.15) is 11.5 Å². The fraction of sp³-hybridized carbons (Fsp3) is 0. The van der Waals surface area contributed by atoms with Crippen LogP contribution in [0.4, 0.5) is 4.39 Å². The van der Waals surface area contributed by atoms with Gasteiger partial charge in [0.25, 0.3) is 0 Å². The Kier molecular flexibility index (Phi) is 2.87. The Morgan fingerprint density at radius 2 is 1.92 bits per heavy atom. The number of hydrogen-bond donors (Lipinski definition) is 2. The number of hydrogen-bond acceptors (Lipinski definition) is 4. The molecule has 0 saturated heterocycles. The number of imidazole rings is 1. The molecule has 0 saturated carbocycles. The van der Waals surface area contributed by atoms with Gasteiger partial charge in [0, 0.05) is 41.2 Å². The van der Waals surface area contributed by atoms with Crippen LogP contribution in [0.3, 0.4) is 0 Å². The Hall–Kier alpha value is -3.61. The molecule has 7 heteroatoms. The van der Waals surface area contributed by atoms with Crippen LogP contribution in [0.2, 0.25) is 0 Å². The summed E-state index contributed by atoms with van der Waals surface area (Å²) in [5.41, 5.74) is 3.84. The fourth-order valence-electron chi connectivity index (χ4n) is 2.92. The summed E-state index contributed by atoms with van der Waals surface area (Å²) in [6.07, 6.45) is 4.98. The van der Waals surface area contributed by atoms with Gasteiger partial charge in [-0.05, 0) is 24.3 Å². The van der Waals surface area contributed by atoms with Gasteiger partial charge in [0.15, 0.2) is 11.5 Å². The SMILES string of the molecule is Fc1cc2[nH]nc(-c3nc4ncccc4[nH]3)c2cc1-c1cccnc1. The van der Waals surface area contributed by atoms with E-state index in [9.17, 15) is 4.39 Å². The standard InChI is InChI=1S/C18H11FN6/c19-13-8-15-12(7-11(13)10-3-1-5-20-9-10)16(25-24-15)18-22-14-4-2-6-21-17(14)23-18/h1-9H,(H,24,25)(H,21,22,23). The van der Waals surface area contributed by atoms with Crippen molar-refractivity contribution in [2.75, 3.05) is 0 Å². The van der Waals surface area contributed by atoms with E-state index in [2.05, 4.69) is 30.1 Å². The molecule has 4 aromatic heterocycles. The highest BCUT2D eigenvalue weighted by Gasteiger charge is 2.16. The van der Waals surface area contributed by atoms with Crippen molar-refractivity contribution < 1.29 is 4.39 Å². The number of pyridine rings is 2. The molecule has 0 radical (unpaired) electrons. The Balaban J connectivity index is 1.74. The maximum atomic E-state index is 14.5. The van der Waals surface area contributed by atoms with Crippen LogP contribution in [0, 0.1) is 5.82 Å². The average Bonchev–Trinajstić information content (AvgIpc) is 3.24. The molecule has 6 nitrogen and oxygen atoms in total. The number of aromatic amines is 2. The molecule has 0 fully saturated rings. The lowest BCUT2D eigenvalue weighted by Gasteiger charge is -2.03. The van der Waals surface area contributed by atoms with E-state index < -0.39 is 0 Å². The number of halogens is 1. The number of aromatic nitrogens is 6. The van der Waals surface area contributed by atoms with E-state index in [1.165, 1.54) is 6.07 Å². The Bertz CT molecular complexity index is 1180. The second kappa shape index (κ2) is 5.20. The molecule has 0 spiro atoms. The van der Waals surface area contributed by atoms with E-state index in [0.29, 0.717) is 33.8 Å². The van der Waals surface area contributed by atoms with Crippen LogP contribution >= 0.6 is 0 Å². The number of nitrogens with zero attached hydrogens (tertiary/aromatic N) is 4. The molecule has 4 heterocycles. The van der Waals surface area contributed by atoms with Crippen LogP contribution in [0.15, 0.2) is 55.0 Å². The zero-order chi connectivity index (χ0) is 16.8. The van der Waals surface area contributed by atoms with Gasteiger partial charge in [-0.3, -0.25) is 10.1 Å². The summed E-state index contributed by atoms with van der Waals surface area (Å²) in [6.45, 7) is 0. The van der Waals surface area contributed by atoms with Crippen molar-refractivity contribution in [3.63, 3.8) is 0 Å². The first kappa shape index (κ1) is 13.8. The monoisotopic (exact) mass is 330 g/mol. The molecule has 5 aromatic rings. The van der Waals surface area contributed by atoms with Crippen LogP contribution in [-0.4, -0.2) is 30.1 Å². The molecule has 25 heavy (non-hydrogen) atoms. The predicted octanol–water partition coefficient (Wildman–Crippen LogP) is 3.70. The van der Waals surface area contributed by atoms with Crippen LogP contribution in [0.1, 0.15) is 0 Å². The van der Waals surface area contributed by atoms with Crippen LogP contribution in [0.5, 0.6) is 0 Å².